The topological polar surface area (TPSA) is 14.8 Å². The van der Waals surface area contributed by atoms with Gasteiger partial charge < -0.3 is 13.7 Å². The molecule has 0 fully saturated rings. The third kappa shape index (κ3) is 4.86. The van der Waals surface area contributed by atoms with Crippen LogP contribution in [0.4, 0.5) is 0 Å². The van der Waals surface area contributed by atoms with Crippen LogP contribution in [0, 0.1) is 0 Å². The van der Waals surface area contributed by atoms with E-state index in [0.29, 0.717) is 5.56 Å². The Bertz CT molecular complexity index is 4710. The summed E-state index contributed by atoms with van der Waals surface area (Å²) in [5.74, 6) is 0. The van der Waals surface area contributed by atoms with Gasteiger partial charge in [0.05, 0.1) is 63.3 Å². The molecule has 0 unspecified atom stereocenters. The number of hydrogen-bond donors (Lipinski definition) is 0. The average molecular weight is 748 g/mol. The fraction of sp³-hybridized carbons (Fsp3) is 0. The van der Waals surface area contributed by atoms with Crippen LogP contribution in [0.3, 0.4) is 0 Å². The van der Waals surface area contributed by atoms with Crippen LogP contribution >= 0.6 is 0 Å². The van der Waals surface area contributed by atoms with Crippen molar-refractivity contribution in [3.8, 4) is 39.3 Å². The minimum atomic E-state index is -0.894. The Morgan fingerprint density at radius 2 is 0.649 bits per heavy atom. The highest BCUT2D eigenvalue weighted by Gasteiger charge is 2.19. The second-order valence-electron chi connectivity index (χ2n) is 13.3. The molecule has 0 aliphatic rings. The zero-order valence-corrected chi connectivity index (χ0v) is 29.3. The van der Waals surface area contributed by atoms with Gasteiger partial charge in [0.2, 0.25) is 0 Å². The van der Waals surface area contributed by atoms with Crippen LogP contribution in [0.25, 0.3) is 105 Å². The van der Waals surface area contributed by atoms with Gasteiger partial charge in [-0.15, -0.1) is 0 Å². The highest BCUT2D eigenvalue weighted by molar-refractivity contribution is 6.13. The third-order valence-corrected chi connectivity index (χ3v) is 10.2. The van der Waals surface area contributed by atoms with Crippen molar-refractivity contribution < 1.29 is 30.2 Å². The van der Waals surface area contributed by atoms with E-state index in [2.05, 4.69) is 0 Å². The molecule has 0 N–H and O–H groups in total. The van der Waals surface area contributed by atoms with Crippen LogP contribution in [0.15, 0.2) is 212 Å². The lowest BCUT2D eigenvalue weighted by atomic mass is 10.00. The number of fused-ring (bicyclic) bond motifs is 9. The lowest BCUT2D eigenvalue weighted by Crippen LogP contribution is -1.98. The minimum absolute atomic E-state index is 0.184. The SMILES string of the molecule is [2H]c1c([2H])c([2H])c2c(c1[2H])c1c([2H])c([2H])c(-n3c4c([2H])c([2H])c([2H])c([2H])c4c4c([2H])c([2H])c(-n5c6c([2H])c([2H])c([2H])c([2H])c6c6c([2H])c([2H])c([2H])c([2H])c65)c([2H])c43)c([2H])c1n2-c1cccc(-c2ccc(-c3ccccc3)cc2)c1. The van der Waals surface area contributed by atoms with Crippen molar-refractivity contribution in [1.29, 1.82) is 0 Å². The first-order valence-electron chi connectivity index (χ1n) is 28.8. The van der Waals surface area contributed by atoms with E-state index in [4.69, 9.17) is 16.4 Å². The van der Waals surface area contributed by atoms with E-state index in [1.54, 1.807) is 24.3 Å². The predicted molar refractivity (Wildman–Crippen MR) is 240 cm³/mol. The molecule has 12 aromatic rings. The van der Waals surface area contributed by atoms with Crippen molar-refractivity contribution >= 4 is 65.4 Å². The van der Waals surface area contributed by atoms with Gasteiger partial charge in [-0.2, -0.15) is 0 Å². The Hall–Kier alpha value is -7.62. The zero-order valence-electron chi connectivity index (χ0n) is 51.3. The fourth-order valence-corrected chi connectivity index (χ4v) is 7.66. The Labute approximate surface area is 360 Å². The number of benzene rings is 9. The second-order valence-corrected chi connectivity index (χ2v) is 13.3. The Kier molecular flexibility index (Phi) is 3.72. The van der Waals surface area contributed by atoms with E-state index in [1.165, 1.54) is 4.57 Å². The van der Waals surface area contributed by atoms with Crippen LogP contribution in [0.2, 0.25) is 0 Å². The molecule has 0 spiro atoms. The van der Waals surface area contributed by atoms with Gasteiger partial charge in [0.25, 0.3) is 0 Å². The molecule has 3 nitrogen and oxygen atoms in total. The van der Waals surface area contributed by atoms with Crippen molar-refractivity contribution in [2.75, 3.05) is 0 Å². The number of rotatable bonds is 5. The molecule has 3 aromatic heterocycles. The van der Waals surface area contributed by atoms with Gasteiger partial charge in [-0.05, 0) is 82.7 Å². The molecule has 57 heavy (non-hydrogen) atoms. The summed E-state index contributed by atoms with van der Waals surface area (Å²) in [7, 11) is 0. The summed E-state index contributed by atoms with van der Waals surface area (Å²) in [5, 5.41) is -2.27. The molecule has 3 heteroatoms. The number of aromatic nitrogens is 3. The van der Waals surface area contributed by atoms with Crippen LogP contribution in [-0.2, 0) is 0 Å². The van der Waals surface area contributed by atoms with Gasteiger partial charge in [-0.3, -0.25) is 0 Å². The fourth-order valence-electron chi connectivity index (χ4n) is 7.66. The van der Waals surface area contributed by atoms with Gasteiger partial charge >= 0.3 is 0 Å². The summed E-state index contributed by atoms with van der Waals surface area (Å²) < 4.78 is 206. The largest absolute Gasteiger partial charge is 0.309 e. The molecule has 0 radical (unpaired) electrons. The first kappa shape index (κ1) is 17.0. The molecule has 12 rings (SSSR count). The Morgan fingerprint density at radius 3 is 1.14 bits per heavy atom. The third-order valence-electron chi connectivity index (χ3n) is 10.2. The maximum Gasteiger partial charge on any atom is 0.0667 e. The molecule has 3 heterocycles. The second kappa shape index (κ2) is 12.5. The van der Waals surface area contributed by atoms with Crippen LogP contribution in [0.1, 0.15) is 30.2 Å². The monoisotopic (exact) mass is 747 g/mol. The van der Waals surface area contributed by atoms with Crippen molar-refractivity contribution in [1.82, 2.24) is 13.7 Å². The molecular formula is C54H35N3. The summed E-state index contributed by atoms with van der Waals surface area (Å²) in [4.78, 5) is 0. The Balaban J connectivity index is 1.27. The van der Waals surface area contributed by atoms with E-state index in [-0.39, 0.29) is 27.5 Å². The van der Waals surface area contributed by atoms with Crippen molar-refractivity contribution in [2.45, 2.75) is 0 Å². The van der Waals surface area contributed by atoms with E-state index in [1.807, 2.05) is 54.6 Å². The lowest BCUT2D eigenvalue weighted by Gasteiger charge is -2.13. The van der Waals surface area contributed by atoms with Gasteiger partial charge in [0.1, 0.15) is 0 Å². The summed E-state index contributed by atoms with van der Waals surface area (Å²) in [6, 6.07) is 7.31. The van der Waals surface area contributed by atoms with E-state index >= 15 is 0 Å². The van der Waals surface area contributed by atoms with E-state index in [0.717, 1.165) is 25.8 Å². The van der Waals surface area contributed by atoms with E-state index in [9.17, 15) is 13.7 Å². The molecule has 0 atom stereocenters. The molecule has 266 valence electrons. The minimum Gasteiger partial charge on any atom is -0.309 e. The zero-order chi connectivity index (χ0) is 56.6. The predicted octanol–water partition coefficient (Wildman–Crippen LogP) is 14.3. The quantitative estimate of drug-likeness (QED) is 0.167. The number of hydrogen-bond acceptors (Lipinski definition) is 0. The van der Waals surface area contributed by atoms with Crippen LogP contribution < -0.4 is 0 Å². The molecule has 0 saturated heterocycles. The van der Waals surface area contributed by atoms with Crippen molar-refractivity contribution in [3.05, 3.63) is 212 Å². The molecule has 9 aromatic carbocycles. The van der Waals surface area contributed by atoms with Gasteiger partial charge in [-0.25, -0.2) is 0 Å². The maximum atomic E-state index is 10.3. The molecular weight excluding hydrogens is 691 g/mol. The smallest absolute Gasteiger partial charge is 0.0667 e. The molecule has 0 aliphatic carbocycles. The summed E-state index contributed by atoms with van der Waals surface area (Å²) in [6.45, 7) is 0. The van der Waals surface area contributed by atoms with E-state index < -0.39 is 188 Å². The average Bonchev–Trinajstić information content (AvgIpc) is 3.25. The highest BCUT2D eigenvalue weighted by atomic mass is 15.0. The summed E-state index contributed by atoms with van der Waals surface area (Å²) >= 11 is 0. The van der Waals surface area contributed by atoms with Crippen LogP contribution in [0.5, 0.6) is 0 Å². The first-order valence-corrected chi connectivity index (χ1v) is 17.8. The summed E-state index contributed by atoms with van der Waals surface area (Å²) in [6.07, 6.45) is 0. The molecule has 0 amide bonds. The van der Waals surface area contributed by atoms with Crippen molar-refractivity contribution in [3.63, 3.8) is 0 Å². The first-order chi connectivity index (χ1) is 37.5. The Morgan fingerprint density at radius 1 is 0.281 bits per heavy atom. The maximum absolute atomic E-state index is 10.3. The summed E-state index contributed by atoms with van der Waals surface area (Å²) in [5.41, 5.74) is -0.454. The normalized spacial score (nSPS) is 17.3. The van der Waals surface area contributed by atoms with Gasteiger partial charge in [0, 0.05) is 49.4 Å². The van der Waals surface area contributed by atoms with Gasteiger partial charge in [0.15, 0.2) is 0 Å². The molecule has 0 bridgehead atoms. The number of nitrogens with zero attached hydrogens (tertiary/aromatic N) is 3. The molecule has 0 saturated carbocycles. The van der Waals surface area contributed by atoms with Crippen LogP contribution in [-0.4, -0.2) is 13.7 Å². The highest BCUT2D eigenvalue weighted by Crippen LogP contribution is 2.39. The van der Waals surface area contributed by atoms with Crippen molar-refractivity contribution in [2.24, 2.45) is 0 Å². The lowest BCUT2D eigenvalue weighted by molar-refractivity contribution is 1.14. The van der Waals surface area contributed by atoms with Gasteiger partial charge in [-0.1, -0.05) is 151 Å². The standard InChI is InChI=1S/C54H35N3/c1-2-13-36(14-3-1)37-25-27-38(28-26-37)39-15-12-16-40(33-39)56-51-23-10-6-19-45(51)47-32-30-42(35-53(47)56)57-52-24-11-7-20-46(52)48-31-29-41(34-54(48)57)55-49-21-8-4-17-43(49)44-18-5-9-22-50(44)55/h1-35H/i4D,5D,6D,7D,8D,9D,10D,11D,17D,18D,19D,20D,21D,22D,23D,24D,29D,30D,31D,32D,34D,35D. The molecule has 0 aliphatic heterocycles. The number of para-hydroxylation sites is 4.